The third kappa shape index (κ3) is 5.26. The van der Waals surface area contributed by atoms with E-state index in [-0.39, 0.29) is 0 Å². The first-order valence-electron chi connectivity index (χ1n) is 7.82. The predicted octanol–water partition coefficient (Wildman–Crippen LogP) is 3.45. The molecule has 4 nitrogen and oxygen atoms in total. The zero-order valence-corrected chi connectivity index (χ0v) is 14.9. The van der Waals surface area contributed by atoms with E-state index in [0.29, 0.717) is 37.0 Å². The molecule has 2 rings (SSSR count). The van der Waals surface area contributed by atoms with Crippen LogP contribution in [0, 0.1) is 11.6 Å². The van der Waals surface area contributed by atoms with Gasteiger partial charge in [-0.15, -0.1) is 11.3 Å². The van der Waals surface area contributed by atoms with E-state index < -0.39 is 11.6 Å². The van der Waals surface area contributed by atoms with Gasteiger partial charge in [0.15, 0.2) is 5.96 Å². The van der Waals surface area contributed by atoms with Gasteiger partial charge in [-0.25, -0.2) is 13.8 Å². The van der Waals surface area contributed by atoms with Gasteiger partial charge in [0.05, 0.1) is 12.2 Å². The molecule has 0 aliphatic carbocycles. The normalized spacial score (nSPS) is 11.8. The van der Waals surface area contributed by atoms with Gasteiger partial charge < -0.3 is 10.6 Å². The number of thiazole rings is 1. The van der Waals surface area contributed by atoms with E-state index in [1.807, 2.05) is 0 Å². The minimum Gasteiger partial charge on any atom is -0.356 e. The monoisotopic (exact) mass is 352 g/mol. The van der Waals surface area contributed by atoms with Crippen LogP contribution in [-0.4, -0.2) is 24.5 Å². The SMILES string of the molecule is CN=C(NCCc1ccc(F)cc1F)NCc1nc(C(C)C)cs1. The molecule has 7 heteroatoms. The Morgan fingerprint density at radius 1 is 1.29 bits per heavy atom. The maximum atomic E-state index is 13.6. The molecular weight excluding hydrogens is 330 g/mol. The molecule has 130 valence electrons. The molecule has 1 aromatic heterocycles. The Kier molecular flexibility index (Phi) is 6.66. The number of nitrogens with one attached hydrogen (secondary N) is 2. The van der Waals surface area contributed by atoms with Crippen LogP contribution in [0.3, 0.4) is 0 Å². The molecule has 0 amide bonds. The van der Waals surface area contributed by atoms with Gasteiger partial charge in [-0.2, -0.15) is 0 Å². The van der Waals surface area contributed by atoms with Crippen LogP contribution in [0.15, 0.2) is 28.6 Å². The van der Waals surface area contributed by atoms with Gasteiger partial charge in [-0.3, -0.25) is 4.99 Å². The second-order valence-electron chi connectivity index (χ2n) is 5.66. The number of aromatic nitrogens is 1. The summed E-state index contributed by atoms with van der Waals surface area (Å²) in [6.07, 6.45) is 0.446. The lowest BCUT2D eigenvalue weighted by Gasteiger charge is -2.11. The highest BCUT2D eigenvalue weighted by atomic mass is 32.1. The second-order valence-corrected chi connectivity index (χ2v) is 6.60. The predicted molar refractivity (Wildman–Crippen MR) is 94.5 cm³/mol. The number of guanidine groups is 1. The molecule has 1 aromatic carbocycles. The van der Waals surface area contributed by atoms with Crippen molar-refractivity contribution in [3.63, 3.8) is 0 Å². The molecular formula is C17H22F2N4S. The Morgan fingerprint density at radius 2 is 2.08 bits per heavy atom. The lowest BCUT2D eigenvalue weighted by Crippen LogP contribution is -2.37. The molecule has 2 aromatic rings. The molecule has 2 N–H and O–H groups in total. The zero-order chi connectivity index (χ0) is 17.5. The fourth-order valence-corrected chi connectivity index (χ4v) is 2.99. The maximum Gasteiger partial charge on any atom is 0.191 e. The quantitative estimate of drug-likeness (QED) is 0.618. The van der Waals surface area contributed by atoms with E-state index in [2.05, 4.69) is 39.8 Å². The molecule has 0 atom stereocenters. The van der Waals surface area contributed by atoms with E-state index >= 15 is 0 Å². The molecule has 0 aliphatic rings. The van der Waals surface area contributed by atoms with Gasteiger partial charge in [0.2, 0.25) is 0 Å². The lowest BCUT2D eigenvalue weighted by molar-refractivity contribution is 0.570. The minimum atomic E-state index is -0.564. The Morgan fingerprint density at radius 3 is 2.71 bits per heavy atom. The van der Waals surface area contributed by atoms with Crippen molar-refractivity contribution >= 4 is 17.3 Å². The molecule has 0 unspecified atom stereocenters. The minimum absolute atomic E-state index is 0.415. The van der Waals surface area contributed by atoms with Gasteiger partial charge in [-0.1, -0.05) is 19.9 Å². The molecule has 0 bridgehead atoms. The summed E-state index contributed by atoms with van der Waals surface area (Å²) in [6.45, 7) is 5.31. The fraction of sp³-hybridized carbons (Fsp3) is 0.412. The first-order valence-corrected chi connectivity index (χ1v) is 8.70. The van der Waals surface area contributed by atoms with Crippen molar-refractivity contribution in [3.8, 4) is 0 Å². The standard InChI is InChI=1S/C17H22F2N4S/c1-11(2)15-10-24-16(23-15)9-22-17(20-3)21-7-6-12-4-5-13(18)8-14(12)19/h4-5,8,10-11H,6-7,9H2,1-3H3,(H2,20,21,22). The van der Waals surface area contributed by atoms with Crippen molar-refractivity contribution in [1.82, 2.24) is 15.6 Å². The van der Waals surface area contributed by atoms with Crippen LogP contribution >= 0.6 is 11.3 Å². The summed E-state index contributed by atoms with van der Waals surface area (Å²) in [5.74, 6) is -0.0495. The van der Waals surface area contributed by atoms with Crippen molar-refractivity contribution in [2.75, 3.05) is 13.6 Å². The van der Waals surface area contributed by atoms with Gasteiger partial charge in [0.25, 0.3) is 0 Å². The van der Waals surface area contributed by atoms with Crippen LogP contribution in [0.4, 0.5) is 8.78 Å². The van der Waals surface area contributed by atoms with Crippen LogP contribution in [0.25, 0.3) is 0 Å². The van der Waals surface area contributed by atoms with E-state index in [9.17, 15) is 8.78 Å². The average Bonchev–Trinajstić information content (AvgIpc) is 3.01. The molecule has 0 aliphatic heterocycles. The molecule has 0 saturated carbocycles. The number of benzene rings is 1. The number of nitrogens with zero attached hydrogens (tertiary/aromatic N) is 2. The van der Waals surface area contributed by atoms with Gasteiger partial charge in [0.1, 0.15) is 16.6 Å². The number of halogens is 2. The third-order valence-electron chi connectivity index (χ3n) is 3.49. The zero-order valence-electron chi connectivity index (χ0n) is 14.1. The summed E-state index contributed by atoms with van der Waals surface area (Å²) >= 11 is 1.61. The van der Waals surface area contributed by atoms with Crippen LogP contribution in [0.2, 0.25) is 0 Å². The van der Waals surface area contributed by atoms with Gasteiger partial charge in [-0.05, 0) is 24.0 Å². The maximum absolute atomic E-state index is 13.6. The summed E-state index contributed by atoms with van der Waals surface area (Å²) in [5, 5.41) is 9.35. The lowest BCUT2D eigenvalue weighted by atomic mass is 10.1. The van der Waals surface area contributed by atoms with Crippen molar-refractivity contribution in [2.24, 2.45) is 4.99 Å². The molecule has 1 heterocycles. The van der Waals surface area contributed by atoms with Crippen molar-refractivity contribution in [2.45, 2.75) is 32.7 Å². The van der Waals surface area contributed by atoms with Crippen molar-refractivity contribution in [3.05, 3.63) is 51.5 Å². The molecule has 0 saturated heterocycles. The first kappa shape index (κ1) is 18.3. The molecule has 24 heavy (non-hydrogen) atoms. The Balaban J connectivity index is 1.79. The molecule has 0 radical (unpaired) electrons. The van der Waals surface area contributed by atoms with Gasteiger partial charge in [0, 0.05) is 25.0 Å². The van der Waals surface area contributed by atoms with E-state index in [1.54, 1.807) is 18.4 Å². The highest BCUT2D eigenvalue weighted by molar-refractivity contribution is 7.09. The fourth-order valence-electron chi connectivity index (χ4n) is 2.09. The van der Waals surface area contributed by atoms with E-state index in [1.165, 1.54) is 12.1 Å². The van der Waals surface area contributed by atoms with E-state index in [0.717, 1.165) is 16.8 Å². The third-order valence-corrected chi connectivity index (χ3v) is 4.36. The van der Waals surface area contributed by atoms with Crippen molar-refractivity contribution in [1.29, 1.82) is 0 Å². The Bertz CT molecular complexity index is 698. The van der Waals surface area contributed by atoms with Crippen LogP contribution in [0.5, 0.6) is 0 Å². The smallest absolute Gasteiger partial charge is 0.191 e. The summed E-state index contributed by atoms with van der Waals surface area (Å²) in [5.41, 5.74) is 1.56. The number of aliphatic imine (C=N–C) groups is 1. The Labute approximate surface area is 145 Å². The molecule has 0 spiro atoms. The summed E-state index contributed by atoms with van der Waals surface area (Å²) in [7, 11) is 1.68. The largest absolute Gasteiger partial charge is 0.356 e. The number of hydrogen-bond acceptors (Lipinski definition) is 3. The second kappa shape index (κ2) is 8.73. The van der Waals surface area contributed by atoms with Crippen LogP contribution < -0.4 is 10.6 Å². The van der Waals surface area contributed by atoms with Crippen LogP contribution in [-0.2, 0) is 13.0 Å². The summed E-state index contributed by atoms with van der Waals surface area (Å²) in [4.78, 5) is 8.68. The summed E-state index contributed by atoms with van der Waals surface area (Å²) < 4.78 is 26.4. The van der Waals surface area contributed by atoms with Crippen molar-refractivity contribution < 1.29 is 8.78 Å². The topological polar surface area (TPSA) is 49.3 Å². The Hall–Kier alpha value is -2.02. The highest BCUT2D eigenvalue weighted by Gasteiger charge is 2.07. The summed E-state index contributed by atoms with van der Waals surface area (Å²) in [6, 6.07) is 3.63. The highest BCUT2D eigenvalue weighted by Crippen LogP contribution is 2.17. The number of rotatable bonds is 6. The van der Waals surface area contributed by atoms with Crippen LogP contribution in [0.1, 0.15) is 36.0 Å². The average molecular weight is 352 g/mol. The molecule has 0 fully saturated rings. The number of hydrogen-bond donors (Lipinski definition) is 2. The van der Waals surface area contributed by atoms with Gasteiger partial charge >= 0.3 is 0 Å². The van der Waals surface area contributed by atoms with E-state index in [4.69, 9.17) is 0 Å². The first-order chi connectivity index (χ1) is 11.5.